The summed E-state index contributed by atoms with van der Waals surface area (Å²) in [5.74, 6) is -1.91. The Morgan fingerprint density at radius 2 is 1.89 bits per heavy atom. The van der Waals surface area contributed by atoms with Crippen LogP contribution in [-0.2, 0) is 0 Å². The van der Waals surface area contributed by atoms with Crippen LogP contribution in [0.2, 0.25) is 0 Å². The highest BCUT2D eigenvalue weighted by molar-refractivity contribution is 5.88. The quantitative estimate of drug-likeness (QED) is 0.889. The van der Waals surface area contributed by atoms with E-state index in [0.29, 0.717) is 12.1 Å². The maximum Gasteiger partial charge on any atom is 0.338 e. The Kier molecular flexibility index (Phi) is 3.75. The largest absolute Gasteiger partial charge is 0.478 e. The van der Waals surface area contributed by atoms with Crippen molar-refractivity contribution in [3.8, 4) is 0 Å². The number of aromatic carboxylic acids is 1. The molecule has 0 spiro atoms. The molecule has 0 bridgehead atoms. The molecule has 1 aromatic rings. The molecule has 1 fully saturated rings. The van der Waals surface area contributed by atoms with Gasteiger partial charge in [-0.15, -0.1) is 0 Å². The van der Waals surface area contributed by atoms with Crippen LogP contribution in [0.4, 0.5) is 10.1 Å². The molecule has 104 valence electrons. The van der Waals surface area contributed by atoms with Gasteiger partial charge in [-0.1, -0.05) is 0 Å². The predicted octanol–water partition coefficient (Wildman–Crippen LogP) is 2.05. The zero-order valence-corrected chi connectivity index (χ0v) is 11.4. The van der Waals surface area contributed by atoms with Gasteiger partial charge in [0.2, 0.25) is 0 Å². The van der Waals surface area contributed by atoms with Gasteiger partial charge >= 0.3 is 5.97 Å². The van der Waals surface area contributed by atoms with E-state index >= 15 is 0 Å². The van der Waals surface area contributed by atoms with Crippen molar-refractivity contribution in [2.45, 2.75) is 25.9 Å². The number of likely N-dealkylation sites (N-methyl/N-ethyl adjacent to an activating group) is 1. The number of rotatable bonds is 2. The van der Waals surface area contributed by atoms with E-state index in [0.717, 1.165) is 18.8 Å². The van der Waals surface area contributed by atoms with Crippen molar-refractivity contribution < 1.29 is 14.3 Å². The van der Waals surface area contributed by atoms with Crippen LogP contribution in [-0.4, -0.2) is 48.2 Å². The Bertz CT molecular complexity index is 480. The topological polar surface area (TPSA) is 43.8 Å². The lowest BCUT2D eigenvalue weighted by Gasteiger charge is -2.43. The molecule has 1 aliphatic heterocycles. The van der Waals surface area contributed by atoms with E-state index in [-0.39, 0.29) is 5.56 Å². The van der Waals surface area contributed by atoms with Crippen LogP contribution in [0.5, 0.6) is 0 Å². The highest BCUT2D eigenvalue weighted by atomic mass is 19.1. The number of halogens is 1. The lowest BCUT2D eigenvalue weighted by Crippen LogP contribution is -2.55. The fourth-order valence-corrected chi connectivity index (χ4v) is 2.49. The second kappa shape index (κ2) is 5.17. The Hall–Kier alpha value is -1.62. The number of hydrogen-bond donors (Lipinski definition) is 1. The van der Waals surface area contributed by atoms with Crippen LogP contribution >= 0.6 is 0 Å². The molecule has 2 atom stereocenters. The Morgan fingerprint density at radius 3 is 2.37 bits per heavy atom. The molecule has 0 aliphatic carbocycles. The summed E-state index contributed by atoms with van der Waals surface area (Å²) in [4.78, 5) is 15.2. The molecular weight excluding hydrogens is 247 g/mol. The van der Waals surface area contributed by atoms with Crippen LogP contribution in [0.15, 0.2) is 18.2 Å². The normalized spacial score (nSPS) is 24.5. The van der Waals surface area contributed by atoms with E-state index in [1.807, 2.05) is 0 Å². The van der Waals surface area contributed by atoms with E-state index in [9.17, 15) is 9.18 Å². The van der Waals surface area contributed by atoms with Gasteiger partial charge in [-0.05, 0) is 39.1 Å². The monoisotopic (exact) mass is 266 g/mol. The van der Waals surface area contributed by atoms with Crippen molar-refractivity contribution in [1.82, 2.24) is 4.90 Å². The minimum Gasteiger partial charge on any atom is -0.478 e. The fourth-order valence-electron chi connectivity index (χ4n) is 2.49. The third kappa shape index (κ3) is 2.71. The summed E-state index contributed by atoms with van der Waals surface area (Å²) < 4.78 is 13.7. The van der Waals surface area contributed by atoms with E-state index in [2.05, 4.69) is 30.7 Å². The first-order valence-corrected chi connectivity index (χ1v) is 6.40. The number of carboxylic acid groups (broad SMARTS) is 1. The number of hydrogen-bond acceptors (Lipinski definition) is 3. The summed E-state index contributed by atoms with van der Waals surface area (Å²) in [7, 11) is 2.08. The van der Waals surface area contributed by atoms with Gasteiger partial charge in [-0.25, -0.2) is 9.18 Å². The molecule has 2 unspecified atom stereocenters. The molecular formula is C14H19FN2O2. The van der Waals surface area contributed by atoms with Crippen molar-refractivity contribution in [2.75, 3.05) is 25.0 Å². The van der Waals surface area contributed by atoms with E-state index in [1.165, 1.54) is 12.1 Å². The molecule has 1 aliphatic rings. The van der Waals surface area contributed by atoms with Gasteiger partial charge < -0.3 is 10.0 Å². The molecule has 4 nitrogen and oxygen atoms in total. The van der Waals surface area contributed by atoms with Crippen molar-refractivity contribution in [3.05, 3.63) is 29.6 Å². The van der Waals surface area contributed by atoms with Crippen molar-refractivity contribution in [2.24, 2.45) is 0 Å². The van der Waals surface area contributed by atoms with Crippen LogP contribution < -0.4 is 4.90 Å². The average molecular weight is 266 g/mol. The summed E-state index contributed by atoms with van der Waals surface area (Å²) in [6.07, 6.45) is 0. The predicted molar refractivity (Wildman–Crippen MR) is 72.3 cm³/mol. The number of nitrogens with zero attached hydrogens (tertiary/aromatic N) is 2. The molecule has 1 heterocycles. The SMILES string of the molecule is CC1CN(c2ccc(C(=O)O)c(F)c2)CC(C)N1C. The first kappa shape index (κ1) is 13.8. The second-order valence-electron chi connectivity index (χ2n) is 5.24. The molecule has 0 amide bonds. The lowest BCUT2D eigenvalue weighted by atomic mass is 10.1. The highest BCUT2D eigenvalue weighted by Gasteiger charge is 2.27. The minimum atomic E-state index is -1.23. The molecule has 1 aromatic carbocycles. The van der Waals surface area contributed by atoms with Gasteiger partial charge in [-0.2, -0.15) is 0 Å². The number of benzene rings is 1. The third-order valence-electron chi connectivity index (χ3n) is 3.91. The van der Waals surface area contributed by atoms with Gasteiger partial charge in [0.1, 0.15) is 5.82 Å². The molecule has 1 N–H and O–H groups in total. The molecule has 0 saturated carbocycles. The zero-order chi connectivity index (χ0) is 14.2. The minimum absolute atomic E-state index is 0.279. The first-order chi connectivity index (χ1) is 8.90. The molecule has 0 radical (unpaired) electrons. The number of carbonyl (C=O) groups is 1. The van der Waals surface area contributed by atoms with Gasteiger partial charge in [0.05, 0.1) is 5.56 Å². The van der Waals surface area contributed by atoms with E-state index < -0.39 is 11.8 Å². The Labute approximate surface area is 112 Å². The Balaban J connectivity index is 2.23. The van der Waals surface area contributed by atoms with E-state index in [1.54, 1.807) is 6.07 Å². The molecule has 2 rings (SSSR count). The average Bonchev–Trinajstić information content (AvgIpc) is 2.34. The zero-order valence-electron chi connectivity index (χ0n) is 11.4. The van der Waals surface area contributed by atoms with Crippen LogP contribution in [0, 0.1) is 5.82 Å². The maximum atomic E-state index is 13.7. The fraction of sp³-hybridized carbons (Fsp3) is 0.500. The van der Waals surface area contributed by atoms with Crippen molar-refractivity contribution >= 4 is 11.7 Å². The third-order valence-corrected chi connectivity index (χ3v) is 3.91. The standard InChI is InChI=1S/C14H19FN2O2/c1-9-7-17(8-10(2)16(9)3)11-4-5-12(14(18)19)13(15)6-11/h4-6,9-10H,7-8H2,1-3H3,(H,18,19). The summed E-state index contributed by atoms with van der Waals surface area (Å²) in [6.45, 7) is 5.88. The van der Waals surface area contributed by atoms with Gasteiger partial charge in [0.15, 0.2) is 0 Å². The molecule has 19 heavy (non-hydrogen) atoms. The Morgan fingerprint density at radius 1 is 1.32 bits per heavy atom. The summed E-state index contributed by atoms with van der Waals surface area (Å²) in [6, 6.07) is 5.09. The number of carboxylic acids is 1. The van der Waals surface area contributed by atoms with Crippen LogP contribution in [0.3, 0.4) is 0 Å². The second-order valence-corrected chi connectivity index (χ2v) is 5.24. The lowest BCUT2D eigenvalue weighted by molar-refractivity contribution is 0.0692. The van der Waals surface area contributed by atoms with Gasteiger partial charge in [0.25, 0.3) is 0 Å². The van der Waals surface area contributed by atoms with Crippen molar-refractivity contribution in [3.63, 3.8) is 0 Å². The first-order valence-electron chi connectivity index (χ1n) is 6.40. The van der Waals surface area contributed by atoms with Crippen LogP contribution in [0.1, 0.15) is 24.2 Å². The summed E-state index contributed by atoms with van der Waals surface area (Å²) in [5, 5.41) is 8.83. The summed E-state index contributed by atoms with van der Waals surface area (Å²) >= 11 is 0. The number of anilines is 1. The van der Waals surface area contributed by atoms with Gasteiger partial charge in [-0.3, -0.25) is 4.90 Å². The molecule has 1 saturated heterocycles. The molecule has 0 aromatic heterocycles. The smallest absolute Gasteiger partial charge is 0.338 e. The summed E-state index contributed by atoms with van der Waals surface area (Å²) in [5.41, 5.74) is 0.466. The van der Waals surface area contributed by atoms with Crippen molar-refractivity contribution in [1.29, 1.82) is 0 Å². The number of piperazine rings is 1. The van der Waals surface area contributed by atoms with Crippen LogP contribution in [0.25, 0.3) is 0 Å². The highest BCUT2D eigenvalue weighted by Crippen LogP contribution is 2.23. The van der Waals surface area contributed by atoms with E-state index in [4.69, 9.17) is 5.11 Å². The maximum absolute atomic E-state index is 13.7. The van der Waals surface area contributed by atoms with Gasteiger partial charge in [0, 0.05) is 30.9 Å². The molecule has 5 heteroatoms.